The Morgan fingerprint density at radius 2 is 1.81 bits per heavy atom. The van der Waals surface area contributed by atoms with Gasteiger partial charge in [-0.15, -0.1) is 0 Å². The molecule has 0 spiro atoms. The molecule has 0 saturated carbocycles. The quantitative estimate of drug-likeness (QED) is 0.237. The number of nitrogens with one attached hydrogen (secondary N) is 2. The van der Waals surface area contributed by atoms with E-state index >= 15 is 0 Å². The fraction of sp³-hybridized carbons (Fsp3) is 0.303. The summed E-state index contributed by atoms with van der Waals surface area (Å²) in [7, 11) is 0. The van der Waals surface area contributed by atoms with Gasteiger partial charge in [0.1, 0.15) is 5.82 Å². The van der Waals surface area contributed by atoms with Crippen LogP contribution in [0.15, 0.2) is 65.5 Å². The van der Waals surface area contributed by atoms with Crippen molar-refractivity contribution in [2.24, 2.45) is 0 Å². The first-order chi connectivity index (χ1) is 22.3. The van der Waals surface area contributed by atoms with Crippen LogP contribution < -0.4 is 10.9 Å². The van der Waals surface area contributed by atoms with Gasteiger partial charge >= 0.3 is 6.18 Å². The fourth-order valence-electron chi connectivity index (χ4n) is 5.31. The Kier molecular flexibility index (Phi) is 9.41. The number of hydrogen-bond acceptors (Lipinski definition) is 7. The van der Waals surface area contributed by atoms with Gasteiger partial charge in [0.25, 0.3) is 17.4 Å². The Morgan fingerprint density at radius 1 is 1.11 bits per heavy atom. The highest BCUT2D eigenvalue weighted by Gasteiger charge is 2.36. The van der Waals surface area contributed by atoms with Crippen LogP contribution in [0.2, 0.25) is 0 Å². The van der Waals surface area contributed by atoms with Crippen LogP contribution in [0.5, 0.6) is 0 Å². The molecule has 3 aromatic carbocycles. The molecule has 0 aliphatic carbocycles. The molecule has 0 radical (unpaired) electrons. The summed E-state index contributed by atoms with van der Waals surface area (Å²) in [6, 6.07) is 15.3. The van der Waals surface area contributed by atoms with E-state index in [1.807, 2.05) is 0 Å². The number of ether oxygens (including phenoxy) is 1. The molecule has 1 aromatic heterocycles. The summed E-state index contributed by atoms with van der Waals surface area (Å²) >= 11 is 0. The van der Waals surface area contributed by atoms with Crippen LogP contribution >= 0.6 is 0 Å². The molecule has 1 aliphatic heterocycles. The zero-order valence-corrected chi connectivity index (χ0v) is 25.0. The van der Waals surface area contributed by atoms with Crippen molar-refractivity contribution in [1.29, 1.82) is 5.26 Å². The number of piperidine rings is 1. The number of hydrogen-bond donors (Lipinski definition) is 3. The first-order valence-corrected chi connectivity index (χ1v) is 14.6. The van der Waals surface area contributed by atoms with E-state index in [9.17, 15) is 37.1 Å². The van der Waals surface area contributed by atoms with E-state index < -0.39 is 53.2 Å². The highest BCUT2D eigenvalue weighted by Crippen LogP contribution is 2.34. The fourth-order valence-corrected chi connectivity index (χ4v) is 5.31. The van der Waals surface area contributed by atoms with E-state index in [0.717, 1.165) is 19.1 Å². The van der Waals surface area contributed by atoms with Gasteiger partial charge in [0.2, 0.25) is 0 Å². The minimum Gasteiger partial charge on any atom is -0.378 e. The predicted octanol–water partition coefficient (Wildman–Crippen LogP) is 4.55. The maximum Gasteiger partial charge on any atom is 0.417 e. The number of benzene rings is 3. The van der Waals surface area contributed by atoms with Gasteiger partial charge in [-0.05, 0) is 61.7 Å². The summed E-state index contributed by atoms with van der Waals surface area (Å²) in [5.41, 5.74) is -3.47. The molecule has 5 rings (SSSR count). The first-order valence-electron chi connectivity index (χ1n) is 14.6. The van der Waals surface area contributed by atoms with Crippen molar-refractivity contribution in [2.45, 2.75) is 44.1 Å². The van der Waals surface area contributed by atoms with E-state index in [0.29, 0.717) is 40.9 Å². The number of halogens is 4. The lowest BCUT2D eigenvalue weighted by atomic mass is 10.0. The maximum atomic E-state index is 14.8. The van der Waals surface area contributed by atoms with E-state index in [4.69, 9.17) is 10.00 Å². The number of nitrogens with zero attached hydrogens (tertiary/aromatic N) is 3. The number of anilines is 1. The Bertz CT molecular complexity index is 1930. The molecule has 2 amide bonds. The lowest BCUT2D eigenvalue weighted by molar-refractivity contribution is -0.142. The first kappa shape index (κ1) is 33.2. The van der Waals surface area contributed by atoms with Crippen molar-refractivity contribution in [3.63, 3.8) is 0 Å². The largest absolute Gasteiger partial charge is 0.417 e. The smallest absolute Gasteiger partial charge is 0.378 e. The summed E-state index contributed by atoms with van der Waals surface area (Å²) in [6.07, 6.45) is -4.39. The Hall–Kier alpha value is -5.13. The van der Waals surface area contributed by atoms with Crippen molar-refractivity contribution in [1.82, 2.24) is 15.1 Å². The van der Waals surface area contributed by atoms with Crippen molar-refractivity contribution in [3.05, 3.63) is 105 Å². The normalized spacial score (nSPS) is 15.2. The van der Waals surface area contributed by atoms with Crippen LogP contribution in [0.25, 0.3) is 10.8 Å². The van der Waals surface area contributed by atoms with Crippen molar-refractivity contribution < 1.29 is 37.0 Å². The Balaban J connectivity index is 1.17. The number of nitriles is 1. The van der Waals surface area contributed by atoms with Crippen molar-refractivity contribution >= 4 is 28.3 Å². The molecule has 244 valence electrons. The standard InChI is InChI=1S/C33H29F4N5O5/c1-32(46,31(45)39-21-8-7-20(17-38)26(16-21)33(35,36)37)18-47-22-10-12-42(13-11-22)30(44)25-14-19(6-9-27(25)34)15-28-23-4-2-3-5-24(23)29(43)41-40-28/h2-9,14,16,22,46H,10-13,15,18H2,1H3,(H,39,45)(H,41,43)/t32-/m0/s1. The lowest BCUT2D eigenvalue weighted by Gasteiger charge is -2.33. The highest BCUT2D eigenvalue weighted by molar-refractivity contribution is 5.97. The van der Waals surface area contributed by atoms with Crippen molar-refractivity contribution in [2.75, 3.05) is 25.0 Å². The number of carbonyl (C=O) groups is 2. The number of carbonyl (C=O) groups excluding carboxylic acids is 2. The minimum atomic E-state index is -4.82. The second kappa shape index (κ2) is 13.3. The van der Waals surface area contributed by atoms with Crippen molar-refractivity contribution in [3.8, 4) is 6.07 Å². The molecule has 0 bridgehead atoms. The molecule has 0 unspecified atom stereocenters. The Labute approximate surface area is 265 Å². The topological polar surface area (TPSA) is 148 Å². The second-order valence-electron chi connectivity index (χ2n) is 11.4. The van der Waals surface area contributed by atoms with Crippen LogP contribution in [0.1, 0.15) is 52.5 Å². The molecule has 4 aromatic rings. The van der Waals surface area contributed by atoms with Gasteiger partial charge in [-0.3, -0.25) is 14.4 Å². The summed E-state index contributed by atoms with van der Waals surface area (Å²) in [5, 5.41) is 29.6. The third kappa shape index (κ3) is 7.48. The Morgan fingerprint density at radius 3 is 2.49 bits per heavy atom. The summed E-state index contributed by atoms with van der Waals surface area (Å²) < 4.78 is 60.4. The number of aliphatic hydroxyl groups is 1. The molecule has 1 atom stereocenters. The zero-order chi connectivity index (χ0) is 33.9. The zero-order valence-electron chi connectivity index (χ0n) is 25.0. The number of likely N-dealkylation sites (tertiary alicyclic amines) is 1. The molecule has 3 N–H and O–H groups in total. The minimum absolute atomic E-state index is 0.119. The molecular weight excluding hydrogens is 622 g/mol. The van der Waals surface area contributed by atoms with E-state index in [-0.39, 0.29) is 36.3 Å². The lowest BCUT2D eigenvalue weighted by Crippen LogP contribution is -2.47. The molecule has 47 heavy (non-hydrogen) atoms. The van der Waals surface area contributed by atoms with E-state index in [2.05, 4.69) is 15.5 Å². The van der Waals surface area contributed by atoms with Crippen LogP contribution in [0, 0.1) is 17.1 Å². The van der Waals surface area contributed by atoms with Gasteiger partial charge in [-0.2, -0.15) is 23.5 Å². The summed E-state index contributed by atoms with van der Waals surface area (Å²) in [6.45, 7) is 1.08. The SMILES string of the molecule is C[C@](O)(COC1CCN(C(=O)c2cc(Cc3n[nH]c(=O)c4ccccc34)ccc2F)CC1)C(=O)Nc1ccc(C#N)c(C(F)(F)F)c1. The number of fused-ring (bicyclic) bond motifs is 1. The third-order valence-corrected chi connectivity index (χ3v) is 7.93. The highest BCUT2D eigenvalue weighted by atomic mass is 19.4. The third-order valence-electron chi connectivity index (χ3n) is 7.93. The van der Waals surface area contributed by atoms with Crippen LogP contribution in [0.3, 0.4) is 0 Å². The summed E-state index contributed by atoms with van der Waals surface area (Å²) in [4.78, 5) is 39.6. The van der Waals surface area contributed by atoms with Gasteiger partial charge in [-0.25, -0.2) is 9.49 Å². The molecule has 2 heterocycles. The number of rotatable bonds is 8. The molecule has 1 fully saturated rings. The number of aromatic nitrogens is 2. The van der Waals surface area contributed by atoms with Crippen LogP contribution in [-0.2, 0) is 22.1 Å². The molecule has 10 nitrogen and oxygen atoms in total. The number of H-pyrrole nitrogens is 1. The van der Waals surface area contributed by atoms with Gasteiger partial charge in [0, 0.05) is 30.6 Å². The van der Waals surface area contributed by atoms with E-state index in [1.54, 1.807) is 30.3 Å². The van der Waals surface area contributed by atoms with Crippen LogP contribution in [0.4, 0.5) is 23.2 Å². The predicted molar refractivity (Wildman–Crippen MR) is 162 cm³/mol. The number of aromatic amines is 1. The maximum absolute atomic E-state index is 14.8. The molecule has 14 heteroatoms. The van der Waals surface area contributed by atoms with Gasteiger partial charge in [0.15, 0.2) is 5.60 Å². The monoisotopic (exact) mass is 651 g/mol. The molecule has 1 aliphatic rings. The van der Waals surface area contributed by atoms with Gasteiger partial charge in [-0.1, -0.05) is 24.3 Å². The van der Waals surface area contributed by atoms with Gasteiger partial charge < -0.3 is 20.1 Å². The average Bonchev–Trinajstić information content (AvgIpc) is 3.05. The van der Waals surface area contributed by atoms with Gasteiger partial charge in [0.05, 0.1) is 46.6 Å². The second-order valence-corrected chi connectivity index (χ2v) is 11.4. The van der Waals surface area contributed by atoms with E-state index in [1.165, 1.54) is 23.1 Å². The summed E-state index contributed by atoms with van der Waals surface area (Å²) in [5.74, 6) is -2.22. The average molecular weight is 652 g/mol. The number of amides is 2. The van der Waals surface area contributed by atoms with Crippen LogP contribution in [-0.4, -0.2) is 63.4 Å². The number of alkyl halides is 3. The molecule has 1 saturated heterocycles. The molecular formula is C33H29F4N5O5.